The van der Waals surface area contributed by atoms with Gasteiger partial charge in [0.1, 0.15) is 6.79 Å². The summed E-state index contributed by atoms with van der Waals surface area (Å²) in [5.74, 6) is -1.16. The molecule has 0 saturated heterocycles. The van der Waals surface area contributed by atoms with Crippen LogP contribution in [0.2, 0.25) is 0 Å². The highest BCUT2D eigenvalue weighted by Crippen LogP contribution is 2.54. The number of alkyl halides is 3. The first-order valence-electron chi connectivity index (χ1n) is 10.9. The van der Waals surface area contributed by atoms with E-state index >= 15 is 0 Å². The first kappa shape index (κ1) is 28.7. The third-order valence-corrected chi connectivity index (χ3v) is 10.3. The van der Waals surface area contributed by atoms with Gasteiger partial charge in [-0.3, -0.25) is 8.98 Å². The molecule has 0 N–H and O–H groups in total. The van der Waals surface area contributed by atoms with Gasteiger partial charge >= 0.3 is 21.6 Å². The number of rotatable bonds is 8. The second-order valence-electron chi connectivity index (χ2n) is 8.96. The minimum absolute atomic E-state index is 0.0390. The summed E-state index contributed by atoms with van der Waals surface area (Å²) in [6, 6.07) is 7.53. The number of halogens is 4. The second kappa shape index (κ2) is 11.3. The Morgan fingerprint density at radius 2 is 1.91 bits per heavy atom. The number of hydrogen-bond donors (Lipinski definition) is 0. The zero-order valence-electron chi connectivity index (χ0n) is 19.4. The highest BCUT2D eigenvalue weighted by molar-refractivity contribution is 9.10. The summed E-state index contributed by atoms with van der Waals surface area (Å²) in [7, 11) is -3.32. The fourth-order valence-electron chi connectivity index (χ4n) is 5.05. The van der Waals surface area contributed by atoms with Crippen LogP contribution < -0.4 is 0 Å². The lowest BCUT2D eigenvalue weighted by Gasteiger charge is -2.51. The summed E-state index contributed by atoms with van der Waals surface area (Å²) >= 11 is 5.03. The highest BCUT2D eigenvalue weighted by atomic mass is 79.9. The first-order chi connectivity index (χ1) is 16.3. The van der Waals surface area contributed by atoms with Crippen molar-refractivity contribution in [3.63, 3.8) is 0 Å². The summed E-state index contributed by atoms with van der Waals surface area (Å²) in [5.41, 5.74) is -7.17. The Labute approximate surface area is 215 Å². The van der Waals surface area contributed by atoms with Crippen LogP contribution in [0.5, 0.6) is 0 Å². The third-order valence-electron chi connectivity index (χ3n) is 6.78. The molecule has 0 unspecified atom stereocenters. The van der Waals surface area contributed by atoms with Crippen LogP contribution >= 0.6 is 27.7 Å². The molecule has 0 aromatic heterocycles. The molecule has 2 saturated carbocycles. The summed E-state index contributed by atoms with van der Waals surface area (Å²) in [6.07, 6.45) is -0.498. The third kappa shape index (κ3) is 6.18. The monoisotopic (exact) mass is 604 g/mol. The molecule has 7 nitrogen and oxygen atoms in total. The second-order valence-corrected chi connectivity index (χ2v) is 12.6. The van der Waals surface area contributed by atoms with E-state index in [2.05, 4.69) is 15.9 Å². The Hall–Kier alpha value is -0.860. The highest BCUT2D eigenvalue weighted by Gasteiger charge is 2.59. The van der Waals surface area contributed by atoms with E-state index in [9.17, 15) is 26.4 Å². The lowest BCUT2D eigenvalue weighted by Crippen LogP contribution is -2.55. The number of esters is 1. The molecule has 0 radical (unpaired) electrons. The van der Waals surface area contributed by atoms with Gasteiger partial charge in [0.05, 0.1) is 24.7 Å². The van der Waals surface area contributed by atoms with Crippen molar-refractivity contribution in [2.75, 3.05) is 21.0 Å². The van der Waals surface area contributed by atoms with Gasteiger partial charge in [-0.05, 0) is 72.5 Å². The number of carbonyl (C=O) groups excluding carboxylic acids is 1. The van der Waals surface area contributed by atoms with E-state index in [0.29, 0.717) is 12.8 Å². The number of ether oxygens (including phenoxy) is 3. The zero-order chi connectivity index (χ0) is 26.0. The van der Waals surface area contributed by atoms with Crippen molar-refractivity contribution in [1.82, 2.24) is 0 Å². The Morgan fingerprint density at radius 1 is 1.23 bits per heavy atom. The molecule has 2 aliphatic rings. The number of carbonyl (C=O) groups is 1. The van der Waals surface area contributed by atoms with Gasteiger partial charge in [-0.2, -0.15) is 21.6 Å². The molecule has 1 aromatic carbocycles. The van der Waals surface area contributed by atoms with Crippen LogP contribution in [-0.4, -0.2) is 58.4 Å². The quantitative estimate of drug-likeness (QED) is 0.175. The van der Waals surface area contributed by atoms with Crippen molar-refractivity contribution in [3.05, 3.63) is 28.7 Å². The topological polar surface area (TPSA) is 88.1 Å². The molecule has 0 bridgehead atoms. The Morgan fingerprint density at radius 3 is 2.51 bits per heavy atom. The number of benzene rings is 1. The van der Waals surface area contributed by atoms with E-state index in [1.165, 1.54) is 25.8 Å². The molecule has 35 heavy (non-hydrogen) atoms. The van der Waals surface area contributed by atoms with E-state index in [4.69, 9.17) is 18.4 Å². The van der Waals surface area contributed by atoms with Crippen LogP contribution in [0.25, 0.3) is 0 Å². The van der Waals surface area contributed by atoms with Crippen molar-refractivity contribution in [2.24, 2.45) is 17.3 Å². The molecule has 0 spiro atoms. The van der Waals surface area contributed by atoms with Gasteiger partial charge in [-0.15, -0.1) is 11.8 Å². The predicted molar refractivity (Wildman–Crippen MR) is 126 cm³/mol. The van der Waals surface area contributed by atoms with Crippen LogP contribution in [0.4, 0.5) is 13.2 Å². The number of methoxy groups -OCH3 is 2. The molecule has 0 heterocycles. The van der Waals surface area contributed by atoms with E-state index in [1.54, 1.807) is 0 Å². The number of fused-ring (bicyclic) bond motifs is 1. The lowest BCUT2D eigenvalue weighted by molar-refractivity contribution is -0.168. The zero-order valence-corrected chi connectivity index (χ0v) is 22.6. The van der Waals surface area contributed by atoms with Crippen LogP contribution in [0.3, 0.4) is 0 Å². The van der Waals surface area contributed by atoms with E-state index < -0.39 is 33.1 Å². The average Bonchev–Trinajstić information content (AvgIpc) is 2.79. The molecule has 3 rings (SSSR count). The largest absolute Gasteiger partial charge is 0.523 e. The Balaban J connectivity index is 1.99. The Kier molecular flexibility index (Phi) is 9.23. The van der Waals surface area contributed by atoms with Crippen molar-refractivity contribution in [3.8, 4) is 0 Å². The van der Waals surface area contributed by atoms with Crippen molar-refractivity contribution >= 4 is 43.8 Å². The van der Waals surface area contributed by atoms with E-state index in [0.717, 1.165) is 16.5 Å². The average molecular weight is 605 g/mol. The maximum absolute atomic E-state index is 13.2. The standard InChI is InChI=1S/C22H28BrF3O7S2/c1-21(20(27)31-3)11-13-8-9-16(32-12-30-2)19(34-17-7-5-4-6-15(17)23)14(13)10-18(21)33-35(28,29)22(24,25)26/h4-7,13-14,16,18-19H,8-12H2,1-3H3/t13-,14-,16-,18+,19-,21+/m0/s1. The molecule has 13 heteroatoms. The van der Waals surface area contributed by atoms with Crippen LogP contribution in [0.15, 0.2) is 33.6 Å². The SMILES string of the molecule is COCO[C@H]1CC[C@H]2C[C@@](C)(C(=O)OC)[C@H](OS(=O)(=O)C(F)(F)F)C[C@@H]2[C@@H]1Sc1ccccc1Br. The van der Waals surface area contributed by atoms with Gasteiger partial charge in [0.25, 0.3) is 0 Å². The van der Waals surface area contributed by atoms with Crippen LogP contribution in [0, 0.1) is 17.3 Å². The summed E-state index contributed by atoms with van der Waals surface area (Å²) in [4.78, 5) is 13.6. The predicted octanol–water partition coefficient (Wildman–Crippen LogP) is 5.13. The minimum Gasteiger partial charge on any atom is -0.469 e. The van der Waals surface area contributed by atoms with Gasteiger partial charge in [0, 0.05) is 21.7 Å². The number of hydrogen-bond acceptors (Lipinski definition) is 8. The minimum atomic E-state index is -5.93. The molecular formula is C22H28BrF3O7S2. The molecule has 198 valence electrons. The molecule has 0 aliphatic heterocycles. The maximum atomic E-state index is 13.2. The van der Waals surface area contributed by atoms with Crippen molar-refractivity contribution in [2.45, 2.75) is 60.5 Å². The normalized spacial score (nSPS) is 31.6. The first-order valence-corrected chi connectivity index (χ1v) is 14.0. The summed E-state index contributed by atoms with van der Waals surface area (Å²) in [5, 5.41) is -0.246. The molecule has 1 aromatic rings. The van der Waals surface area contributed by atoms with Crippen LogP contribution in [-0.2, 0) is 33.3 Å². The molecule has 2 aliphatic carbocycles. The summed E-state index contributed by atoms with van der Waals surface area (Å²) < 4.78 is 84.9. The molecule has 0 amide bonds. The smallest absolute Gasteiger partial charge is 0.469 e. The molecule has 2 fully saturated rings. The molecular weight excluding hydrogens is 577 g/mol. The fourth-order valence-corrected chi connectivity index (χ4v) is 7.83. The fraction of sp³-hybridized carbons (Fsp3) is 0.682. The Bertz CT molecular complexity index is 1010. The summed E-state index contributed by atoms with van der Waals surface area (Å²) in [6.45, 7) is 1.45. The van der Waals surface area contributed by atoms with E-state index in [-0.39, 0.29) is 42.8 Å². The van der Waals surface area contributed by atoms with Gasteiger partial charge in [0.2, 0.25) is 0 Å². The van der Waals surface area contributed by atoms with Gasteiger partial charge in [-0.25, -0.2) is 0 Å². The van der Waals surface area contributed by atoms with Crippen molar-refractivity contribution < 1.29 is 44.8 Å². The maximum Gasteiger partial charge on any atom is 0.523 e. The van der Waals surface area contributed by atoms with Gasteiger partial charge < -0.3 is 14.2 Å². The van der Waals surface area contributed by atoms with E-state index in [1.807, 2.05) is 24.3 Å². The van der Waals surface area contributed by atoms with Gasteiger partial charge in [-0.1, -0.05) is 12.1 Å². The lowest BCUT2D eigenvalue weighted by atomic mass is 9.60. The molecule has 6 atom stereocenters. The number of thioether (sulfide) groups is 1. The van der Waals surface area contributed by atoms with Crippen molar-refractivity contribution in [1.29, 1.82) is 0 Å². The van der Waals surface area contributed by atoms with Crippen LogP contribution in [0.1, 0.15) is 32.6 Å². The van der Waals surface area contributed by atoms with Gasteiger partial charge in [0.15, 0.2) is 0 Å².